The van der Waals surface area contributed by atoms with Gasteiger partial charge in [0.1, 0.15) is 0 Å². The van der Waals surface area contributed by atoms with E-state index in [1.54, 1.807) is 6.92 Å². The lowest BCUT2D eigenvalue weighted by Crippen LogP contribution is -1.97. The molecule has 1 aromatic rings. The summed E-state index contributed by atoms with van der Waals surface area (Å²) in [5, 5.41) is 0.658. The number of unbranched alkanes of at least 4 members (excludes halogenated alkanes) is 2. The Kier molecular flexibility index (Phi) is 10.0. The number of ether oxygens (including phenoxy) is 1. The third kappa shape index (κ3) is 11.2. The summed E-state index contributed by atoms with van der Waals surface area (Å²) in [6.07, 6.45) is 3.60. The van der Waals surface area contributed by atoms with Crippen LogP contribution in [0.15, 0.2) is 30.3 Å². The molecule has 2 heteroatoms. The molecule has 0 saturated heterocycles. The van der Waals surface area contributed by atoms with E-state index in [1.807, 2.05) is 18.2 Å². The highest BCUT2D eigenvalue weighted by Crippen LogP contribution is 1.94. The summed E-state index contributed by atoms with van der Waals surface area (Å²) in [6.45, 7) is 6.86. The monoisotopic (exact) mass is 238 g/mol. The van der Waals surface area contributed by atoms with Crippen molar-refractivity contribution in [1.82, 2.24) is 0 Å². The molecular formula is C14H22OS. The zero-order valence-corrected chi connectivity index (χ0v) is 11.3. The maximum atomic E-state index is 5.08. The lowest BCUT2D eigenvalue weighted by molar-refractivity contribution is 0.299. The molecule has 0 bridgehead atoms. The van der Waals surface area contributed by atoms with Crippen LogP contribution in [0, 0.1) is 6.92 Å². The van der Waals surface area contributed by atoms with E-state index < -0.39 is 0 Å². The van der Waals surface area contributed by atoms with Gasteiger partial charge in [-0.05, 0) is 25.6 Å². The van der Waals surface area contributed by atoms with Crippen molar-refractivity contribution in [3.05, 3.63) is 35.9 Å². The molecule has 0 spiro atoms. The summed E-state index contributed by atoms with van der Waals surface area (Å²) >= 11 is 4.72. The zero-order chi connectivity index (χ0) is 12.2. The van der Waals surface area contributed by atoms with Gasteiger partial charge < -0.3 is 4.74 Å². The second-order valence-corrected chi connectivity index (χ2v) is 4.28. The Morgan fingerprint density at radius 1 is 1.19 bits per heavy atom. The quantitative estimate of drug-likeness (QED) is 0.563. The van der Waals surface area contributed by atoms with Gasteiger partial charge in [0.15, 0.2) is 5.05 Å². The molecule has 16 heavy (non-hydrogen) atoms. The third-order valence-corrected chi connectivity index (χ3v) is 2.11. The fourth-order valence-electron chi connectivity index (χ4n) is 1.10. The normalized spacial score (nSPS) is 8.94. The molecular weight excluding hydrogens is 216 g/mol. The Morgan fingerprint density at radius 2 is 1.81 bits per heavy atom. The molecule has 0 aromatic heterocycles. The third-order valence-electron chi connectivity index (χ3n) is 1.99. The Balaban J connectivity index is 0.000000288. The maximum Gasteiger partial charge on any atom is 0.156 e. The lowest BCUT2D eigenvalue weighted by Gasteiger charge is -2.00. The molecule has 0 aliphatic heterocycles. The minimum atomic E-state index is 0.658. The van der Waals surface area contributed by atoms with E-state index in [4.69, 9.17) is 17.0 Å². The number of benzene rings is 1. The molecule has 0 unspecified atom stereocenters. The van der Waals surface area contributed by atoms with Gasteiger partial charge in [-0.1, -0.05) is 55.7 Å². The van der Waals surface area contributed by atoms with Gasteiger partial charge in [0.25, 0.3) is 0 Å². The lowest BCUT2D eigenvalue weighted by atomic mass is 10.2. The predicted octanol–water partition coefficient (Wildman–Crippen LogP) is 4.54. The van der Waals surface area contributed by atoms with Gasteiger partial charge in [0, 0.05) is 6.92 Å². The van der Waals surface area contributed by atoms with Crippen molar-refractivity contribution < 1.29 is 4.74 Å². The summed E-state index contributed by atoms with van der Waals surface area (Å²) in [4.78, 5) is 0. The van der Waals surface area contributed by atoms with Crippen LogP contribution in [-0.4, -0.2) is 11.7 Å². The van der Waals surface area contributed by atoms with Crippen molar-refractivity contribution >= 4 is 17.3 Å². The first-order chi connectivity index (χ1) is 7.66. The smallest absolute Gasteiger partial charge is 0.156 e. The van der Waals surface area contributed by atoms with E-state index in [0.717, 1.165) is 13.0 Å². The molecule has 0 saturated carbocycles. The molecule has 0 atom stereocenters. The van der Waals surface area contributed by atoms with Crippen molar-refractivity contribution in [1.29, 1.82) is 0 Å². The first kappa shape index (κ1) is 15.1. The molecule has 1 rings (SSSR count). The van der Waals surface area contributed by atoms with Crippen LogP contribution in [0.25, 0.3) is 0 Å². The standard InChI is InChI=1S/C7H14OS.C7H8/c1-3-4-5-6-8-7(2)9;1-7-5-3-2-4-6-7/h3-6H2,1-2H3;2-6H,1H3. The highest BCUT2D eigenvalue weighted by Gasteiger charge is 1.86. The summed E-state index contributed by atoms with van der Waals surface area (Å²) in [5.41, 5.74) is 1.32. The van der Waals surface area contributed by atoms with Gasteiger partial charge in [-0.3, -0.25) is 0 Å². The molecule has 90 valence electrons. The molecule has 1 aromatic carbocycles. The van der Waals surface area contributed by atoms with Crippen molar-refractivity contribution in [2.75, 3.05) is 6.61 Å². The molecule has 0 heterocycles. The van der Waals surface area contributed by atoms with Crippen molar-refractivity contribution in [3.8, 4) is 0 Å². The first-order valence-electron chi connectivity index (χ1n) is 5.81. The number of thiocarbonyl (C=S) groups is 1. The van der Waals surface area contributed by atoms with Gasteiger partial charge in [0.2, 0.25) is 0 Å². The Labute approximate surface area is 105 Å². The number of hydrogen-bond donors (Lipinski definition) is 0. The average molecular weight is 238 g/mol. The molecule has 0 radical (unpaired) electrons. The van der Waals surface area contributed by atoms with Gasteiger partial charge in [-0.2, -0.15) is 0 Å². The fourth-order valence-corrected chi connectivity index (χ4v) is 1.19. The Hall–Kier alpha value is -0.890. The van der Waals surface area contributed by atoms with E-state index in [0.29, 0.717) is 5.05 Å². The molecule has 0 fully saturated rings. The number of rotatable bonds is 4. The van der Waals surface area contributed by atoms with Crippen molar-refractivity contribution in [3.63, 3.8) is 0 Å². The highest BCUT2D eigenvalue weighted by atomic mass is 32.1. The van der Waals surface area contributed by atoms with E-state index in [-0.39, 0.29) is 0 Å². The van der Waals surface area contributed by atoms with Crippen LogP contribution in [0.1, 0.15) is 38.7 Å². The van der Waals surface area contributed by atoms with Gasteiger partial charge in [0.05, 0.1) is 6.61 Å². The van der Waals surface area contributed by atoms with E-state index in [2.05, 4.69) is 26.0 Å². The fraction of sp³-hybridized carbons (Fsp3) is 0.500. The highest BCUT2D eigenvalue weighted by molar-refractivity contribution is 7.80. The van der Waals surface area contributed by atoms with E-state index in [9.17, 15) is 0 Å². The van der Waals surface area contributed by atoms with Crippen LogP contribution in [0.4, 0.5) is 0 Å². The molecule has 1 nitrogen and oxygen atoms in total. The average Bonchev–Trinajstić information content (AvgIpc) is 2.26. The summed E-state index contributed by atoms with van der Waals surface area (Å²) < 4.78 is 5.08. The second-order valence-electron chi connectivity index (χ2n) is 3.70. The predicted molar refractivity (Wildman–Crippen MR) is 74.9 cm³/mol. The summed E-state index contributed by atoms with van der Waals surface area (Å²) in [6, 6.07) is 10.3. The van der Waals surface area contributed by atoms with Gasteiger partial charge in [-0.25, -0.2) is 0 Å². The van der Waals surface area contributed by atoms with E-state index in [1.165, 1.54) is 18.4 Å². The maximum absolute atomic E-state index is 5.08. The topological polar surface area (TPSA) is 9.23 Å². The van der Waals surface area contributed by atoms with Crippen LogP contribution in [0.2, 0.25) is 0 Å². The van der Waals surface area contributed by atoms with Crippen LogP contribution >= 0.6 is 12.2 Å². The van der Waals surface area contributed by atoms with Crippen LogP contribution in [0.5, 0.6) is 0 Å². The SMILES string of the molecule is CCCCCOC(C)=S.Cc1ccccc1. The van der Waals surface area contributed by atoms with Crippen LogP contribution in [0.3, 0.4) is 0 Å². The zero-order valence-electron chi connectivity index (χ0n) is 10.5. The minimum absolute atomic E-state index is 0.658. The Bertz CT molecular complexity index is 269. The van der Waals surface area contributed by atoms with Crippen LogP contribution in [-0.2, 0) is 4.74 Å². The molecule has 0 aliphatic carbocycles. The summed E-state index contributed by atoms with van der Waals surface area (Å²) in [5.74, 6) is 0. The second kappa shape index (κ2) is 10.6. The number of hydrogen-bond acceptors (Lipinski definition) is 2. The summed E-state index contributed by atoms with van der Waals surface area (Å²) in [7, 11) is 0. The van der Waals surface area contributed by atoms with Gasteiger partial charge >= 0.3 is 0 Å². The minimum Gasteiger partial charge on any atom is -0.487 e. The van der Waals surface area contributed by atoms with Crippen molar-refractivity contribution in [2.45, 2.75) is 40.0 Å². The molecule has 0 N–H and O–H groups in total. The van der Waals surface area contributed by atoms with Gasteiger partial charge in [-0.15, -0.1) is 0 Å². The van der Waals surface area contributed by atoms with Crippen LogP contribution < -0.4 is 0 Å². The molecule has 0 aliphatic rings. The number of aryl methyl sites for hydroxylation is 1. The van der Waals surface area contributed by atoms with E-state index >= 15 is 0 Å². The van der Waals surface area contributed by atoms with Crippen molar-refractivity contribution in [2.24, 2.45) is 0 Å². The first-order valence-corrected chi connectivity index (χ1v) is 6.22. The largest absolute Gasteiger partial charge is 0.487 e. The molecule has 0 amide bonds. The Morgan fingerprint density at radius 3 is 2.19 bits per heavy atom.